The number of carbonyl (C=O) groups excluding carboxylic acids is 3. The Hall–Kier alpha value is -3.40. The number of benzene rings is 1. The fourth-order valence-corrected chi connectivity index (χ4v) is 8.51. The number of fused-ring (bicyclic) bond motifs is 1. The van der Waals surface area contributed by atoms with Gasteiger partial charge in [-0.15, -0.1) is 11.6 Å². The molecule has 0 bridgehead atoms. The van der Waals surface area contributed by atoms with Crippen molar-refractivity contribution in [1.29, 1.82) is 0 Å². The highest BCUT2D eigenvalue weighted by molar-refractivity contribution is 7.80. The van der Waals surface area contributed by atoms with Crippen molar-refractivity contribution in [2.45, 2.75) is 113 Å². The van der Waals surface area contributed by atoms with Gasteiger partial charge in [0.25, 0.3) is 0 Å². The number of aliphatic hydroxyl groups excluding tert-OH is 3. The Balaban J connectivity index is 1.34. The number of hydrogen-bond acceptors (Lipinski definition) is 12. The molecule has 11 atom stereocenters. The van der Waals surface area contributed by atoms with Crippen LogP contribution in [0.15, 0.2) is 42.0 Å². The largest absolute Gasteiger partial charge is 0.726 e. The average molecular weight is 829 g/mol. The lowest BCUT2D eigenvalue weighted by Gasteiger charge is -2.42. The molecule has 0 radical (unpaired) electrons. The van der Waals surface area contributed by atoms with Gasteiger partial charge in [-0.3, -0.25) is 34.6 Å². The van der Waals surface area contributed by atoms with Crippen LogP contribution in [0.2, 0.25) is 0 Å². The molecule has 20 heteroatoms. The van der Waals surface area contributed by atoms with Crippen LogP contribution in [0, 0.1) is 11.8 Å². The van der Waals surface area contributed by atoms with Crippen molar-refractivity contribution >= 4 is 45.7 Å². The SMILES string of the molecule is CC(C)[C@@H](Cl)[C@@H](NC(=O)[C@H](O)Cc1ccccc1)C(=O)N1[C@H](C(=O)NCCC2=CC[N+](=C(N)N)C2)C[C@@H]2CC[C@@H](O[C@H]3OC[C@@H](OS(=O)(=O)[O-])[C@H](O)[C@H]3O)C[C@@H]21. The molecular weight excluding hydrogens is 776 g/mol. The highest BCUT2D eigenvalue weighted by atomic mass is 35.5. The van der Waals surface area contributed by atoms with Gasteiger partial charge in [-0.05, 0) is 61.2 Å². The van der Waals surface area contributed by atoms with Crippen LogP contribution in [0.3, 0.4) is 0 Å². The van der Waals surface area contributed by atoms with Crippen LogP contribution in [-0.4, -0.2) is 148 Å². The third-order valence-electron chi connectivity index (χ3n) is 10.9. The number of guanidine groups is 1. The minimum absolute atomic E-state index is 0.00582. The number of ether oxygens (including phenoxy) is 2. The monoisotopic (exact) mass is 828 g/mol. The number of nitrogens with two attached hydrogens (primary N) is 2. The van der Waals surface area contributed by atoms with Gasteiger partial charge in [0, 0.05) is 19.0 Å². The molecule has 56 heavy (non-hydrogen) atoms. The minimum atomic E-state index is -5.20. The smallest absolute Gasteiger partial charge is 0.341 e. The van der Waals surface area contributed by atoms with Crippen molar-refractivity contribution in [2.24, 2.45) is 23.3 Å². The zero-order chi connectivity index (χ0) is 40.9. The van der Waals surface area contributed by atoms with Crippen LogP contribution in [0.25, 0.3) is 0 Å². The molecule has 4 aliphatic rings. The van der Waals surface area contributed by atoms with Crippen LogP contribution in [-0.2, 0) is 44.9 Å². The van der Waals surface area contributed by atoms with Crippen molar-refractivity contribution in [3.05, 3.63) is 47.5 Å². The van der Waals surface area contributed by atoms with E-state index in [-0.39, 0.29) is 37.2 Å². The summed E-state index contributed by atoms with van der Waals surface area (Å²) in [6, 6.07) is 6.02. The van der Waals surface area contributed by atoms with Gasteiger partial charge in [0.05, 0.1) is 31.2 Å². The predicted molar refractivity (Wildman–Crippen MR) is 199 cm³/mol. The number of rotatable bonds is 15. The summed E-state index contributed by atoms with van der Waals surface area (Å²) in [5.41, 5.74) is 13.2. The second kappa shape index (κ2) is 18.9. The summed E-state index contributed by atoms with van der Waals surface area (Å²) in [4.78, 5) is 43.7. The van der Waals surface area contributed by atoms with Crippen LogP contribution < -0.4 is 22.1 Å². The molecule has 2 saturated heterocycles. The molecule has 312 valence electrons. The third-order valence-corrected chi connectivity index (χ3v) is 12.1. The standard InChI is InChI=1S/C36H53ClN6O12S/c1-19(2)28(37)29(41-33(48)26(44)14-20-6-4-3-5-7-20)34(49)43-24-16-23(54-35-31(46)30(45)27(18-53-35)55-56(50,51)52)9-8-22(24)15-25(43)32(47)40-12-10-21-11-13-42(17-21)36(38)39/h3-7,11,19,22-31,35,44-46H,8-10,12-18H2,1-2H3,(H6,38,39,40,41,47,48,50,51,52)/t22-,23+,24-,25-,26+,27+,28+,29+,30-,31+,35+/m0/s1. The Morgan fingerprint density at radius 3 is 2.48 bits per heavy atom. The summed E-state index contributed by atoms with van der Waals surface area (Å²) in [6.45, 7) is 4.37. The van der Waals surface area contributed by atoms with E-state index in [1.165, 1.54) is 4.90 Å². The average Bonchev–Trinajstić information content (AvgIpc) is 3.78. The summed E-state index contributed by atoms with van der Waals surface area (Å²) in [5, 5.41) is 36.8. The molecule has 3 fully saturated rings. The lowest BCUT2D eigenvalue weighted by molar-refractivity contribution is -0.503. The van der Waals surface area contributed by atoms with Gasteiger partial charge >= 0.3 is 5.96 Å². The van der Waals surface area contributed by atoms with Crippen molar-refractivity contribution in [3.8, 4) is 0 Å². The second-order valence-corrected chi connectivity index (χ2v) is 16.7. The zero-order valence-corrected chi connectivity index (χ0v) is 32.9. The fourth-order valence-electron chi connectivity index (χ4n) is 7.86. The van der Waals surface area contributed by atoms with E-state index >= 15 is 0 Å². The van der Waals surface area contributed by atoms with Gasteiger partial charge in [0.2, 0.25) is 28.1 Å². The van der Waals surface area contributed by atoms with Crippen LogP contribution in [0.1, 0.15) is 51.5 Å². The maximum Gasteiger partial charge on any atom is 0.341 e. The first kappa shape index (κ1) is 43.7. The van der Waals surface area contributed by atoms with Gasteiger partial charge in [-0.2, -0.15) is 0 Å². The quantitative estimate of drug-likeness (QED) is 0.0255. The minimum Gasteiger partial charge on any atom is -0.726 e. The van der Waals surface area contributed by atoms with Crippen molar-refractivity contribution in [2.75, 3.05) is 26.2 Å². The first-order valence-corrected chi connectivity index (χ1v) is 20.5. The normalized spacial score (nSPS) is 29.6. The first-order valence-electron chi connectivity index (χ1n) is 18.8. The van der Waals surface area contributed by atoms with Gasteiger partial charge in [0.15, 0.2) is 6.29 Å². The number of likely N-dealkylation sites (tertiary alicyclic amines) is 1. The van der Waals surface area contributed by atoms with Crippen LogP contribution >= 0.6 is 11.6 Å². The van der Waals surface area contributed by atoms with Crippen molar-refractivity contribution < 1.29 is 60.9 Å². The van der Waals surface area contributed by atoms with Gasteiger partial charge in [-0.25, -0.2) is 8.42 Å². The molecule has 3 aliphatic heterocycles. The van der Waals surface area contributed by atoms with E-state index in [0.717, 1.165) is 5.57 Å². The molecule has 1 aromatic rings. The highest BCUT2D eigenvalue weighted by Gasteiger charge is 2.52. The number of carbonyl (C=O) groups is 3. The second-order valence-electron chi connectivity index (χ2n) is 15.2. The lowest BCUT2D eigenvalue weighted by Crippen LogP contribution is -2.61. The summed E-state index contributed by atoms with van der Waals surface area (Å²) in [6.07, 6.45) is -4.92. The number of alkyl halides is 1. The number of aliphatic hydroxyl groups is 3. The maximum absolute atomic E-state index is 14.8. The number of nitrogens with one attached hydrogen (secondary N) is 2. The Morgan fingerprint density at radius 1 is 1.12 bits per heavy atom. The molecule has 5 rings (SSSR count). The van der Waals surface area contributed by atoms with Gasteiger partial charge in [-0.1, -0.05) is 44.2 Å². The number of hydrogen-bond donors (Lipinski definition) is 7. The van der Waals surface area contributed by atoms with E-state index in [1.807, 2.05) is 12.1 Å². The number of halogens is 1. The number of nitrogens with zero attached hydrogens (tertiary/aromatic N) is 2. The van der Waals surface area contributed by atoms with Crippen molar-refractivity contribution in [3.63, 3.8) is 0 Å². The van der Waals surface area contributed by atoms with Crippen molar-refractivity contribution in [1.82, 2.24) is 15.5 Å². The molecular formula is C36H53ClN6O12S. The molecule has 3 amide bonds. The molecule has 1 aliphatic carbocycles. The molecule has 9 N–H and O–H groups in total. The van der Waals surface area contributed by atoms with E-state index in [1.54, 1.807) is 42.7 Å². The van der Waals surface area contributed by atoms with E-state index < -0.39 is 95.0 Å². The first-order chi connectivity index (χ1) is 26.4. The zero-order valence-electron chi connectivity index (χ0n) is 31.3. The highest BCUT2D eigenvalue weighted by Crippen LogP contribution is 2.42. The van der Waals surface area contributed by atoms with Crippen LogP contribution in [0.4, 0.5) is 0 Å². The van der Waals surface area contributed by atoms with Gasteiger partial charge < -0.3 is 44.9 Å². The lowest BCUT2D eigenvalue weighted by atomic mass is 9.82. The molecule has 0 aromatic heterocycles. The summed E-state index contributed by atoms with van der Waals surface area (Å²) in [5.74, 6) is -2.09. The Bertz CT molecular complexity index is 1730. The molecule has 0 spiro atoms. The third kappa shape index (κ3) is 11.0. The number of amides is 3. The van der Waals surface area contributed by atoms with E-state index in [4.69, 9.17) is 32.5 Å². The Kier molecular flexibility index (Phi) is 14.8. The summed E-state index contributed by atoms with van der Waals surface area (Å²) >= 11 is 6.86. The van der Waals surface area contributed by atoms with Crippen LogP contribution in [0.5, 0.6) is 0 Å². The Labute approximate surface area is 331 Å². The molecule has 0 unspecified atom stereocenters. The topological polar surface area (TPSA) is 279 Å². The predicted octanol–water partition coefficient (Wildman–Crippen LogP) is -1.85. The van der Waals surface area contributed by atoms with E-state index in [2.05, 4.69) is 14.8 Å². The Morgan fingerprint density at radius 2 is 1.84 bits per heavy atom. The molecule has 18 nitrogen and oxygen atoms in total. The fraction of sp³-hybridized carbons (Fsp3) is 0.667. The molecule has 1 saturated carbocycles. The maximum atomic E-state index is 14.8. The van der Waals surface area contributed by atoms with E-state index in [9.17, 15) is 42.7 Å². The van der Waals surface area contributed by atoms with E-state index in [0.29, 0.717) is 44.3 Å². The summed E-state index contributed by atoms with van der Waals surface area (Å²) in [7, 11) is -5.20. The molecule has 1 aromatic carbocycles. The molecule has 3 heterocycles. The van der Waals surface area contributed by atoms with Gasteiger partial charge in [0.1, 0.15) is 36.5 Å². The summed E-state index contributed by atoms with van der Waals surface area (Å²) < 4.78 is 50.9.